The zero-order chi connectivity index (χ0) is 10.4. The molecule has 3 nitrogen and oxygen atoms in total. The van der Waals surface area contributed by atoms with Crippen molar-refractivity contribution in [3.63, 3.8) is 0 Å². The Morgan fingerprint density at radius 3 is 2.86 bits per heavy atom. The average Bonchev–Trinajstić information content (AvgIpc) is 2.17. The fourth-order valence-electron chi connectivity index (χ4n) is 0.953. The summed E-state index contributed by atoms with van der Waals surface area (Å²) in [5, 5.41) is 2.67. The summed E-state index contributed by atoms with van der Waals surface area (Å²) >= 11 is 2.17. The Morgan fingerprint density at radius 2 is 2.21 bits per heavy atom. The van der Waals surface area contributed by atoms with Crippen molar-refractivity contribution in [1.82, 2.24) is 5.32 Å². The zero-order valence-electron chi connectivity index (χ0n) is 7.92. The van der Waals surface area contributed by atoms with E-state index in [0.717, 1.165) is 9.32 Å². The minimum absolute atomic E-state index is 0.0772. The van der Waals surface area contributed by atoms with Crippen LogP contribution in [0, 0.1) is 3.57 Å². The maximum atomic E-state index is 11.1. The van der Waals surface area contributed by atoms with Gasteiger partial charge >= 0.3 is 0 Å². The van der Waals surface area contributed by atoms with E-state index in [2.05, 4.69) is 27.9 Å². The van der Waals surface area contributed by atoms with Crippen LogP contribution in [-0.2, 0) is 4.79 Å². The first-order chi connectivity index (χ1) is 6.74. The molecule has 0 heterocycles. The van der Waals surface area contributed by atoms with Crippen LogP contribution in [0.1, 0.15) is 6.92 Å². The molecule has 0 spiro atoms. The third kappa shape index (κ3) is 3.53. The van der Waals surface area contributed by atoms with Gasteiger partial charge < -0.3 is 10.1 Å². The summed E-state index contributed by atoms with van der Waals surface area (Å²) in [7, 11) is 0. The van der Waals surface area contributed by atoms with Crippen LogP contribution in [0.5, 0.6) is 5.75 Å². The standard InChI is InChI=1S/C10H12INO2/c1-2-12-10(13)7-14-9-6-4-3-5-8(9)11/h3-6H,2,7H2,1H3,(H,12,13). The molecule has 0 bridgehead atoms. The van der Waals surface area contributed by atoms with Crippen LogP contribution in [0.4, 0.5) is 0 Å². The van der Waals surface area contributed by atoms with Crippen molar-refractivity contribution in [2.75, 3.05) is 13.2 Å². The molecular weight excluding hydrogens is 293 g/mol. The highest BCUT2D eigenvalue weighted by Gasteiger charge is 2.02. The summed E-state index contributed by atoms with van der Waals surface area (Å²) in [5.74, 6) is 0.659. The number of rotatable bonds is 4. The molecular formula is C10H12INO2. The minimum atomic E-state index is -0.0906. The van der Waals surface area contributed by atoms with Crippen molar-refractivity contribution < 1.29 is 9.53 Å². The van der Waals surface area contributed by atoms with Crippen molar-refractivity contribution in [3.05, 3.63) is 27.8 Å². The van der Waals surface area contributed by atoms with Crippen LogP contribution < -0.4 is 10.1 Å². The fraction of sp³-hybridized carbons (Fsp3) is 0.300. The van der Waals surface area contributed by atoms with Gasteiger partial charge in [0.25, 0.3) is 5.91 Å². The molecule has 1 aromatic rings. The first-order valence-electron chi connectivity index (χ1n) is 4.38. The molecule has 1 N–H and O–H groups in total. The van der Waals surface area contributed by atoms with E-state index in [0.29, 0.717) is 6.54 Å². The van der Waals surface area contributed by atoms with Gasteiger partial charge in [0.15, 0.2) is 6.61 Å². The van der Waals surface area contributed by atoms with Crippen LogP contribution in [0.25, 0.3) is 0 Å². The summed E-state index contributed by atoms with van der Waals surface area (Å²) in [6.45, 7) is 2.59. The number of para-hydroxylation sites is 1. The molecule has 0 atom stereocenters. The molecule has 76 valence electrons. The average molecular weight is 305 g/mol. The second-order valence-corrected chi connectivity index (χ2v) is 3.83. The number of halogens is 1. The number of amides is 1. The predicted molar refractivity (Wildman–Crippen MR) is 63.3 cm³/mol. The van der Waals surface area contributed by atoms with E-state index in [1.807, 2.05) is 31.2 Å². The highest BCUT2D eigenvalue weighted by Crippen LogP contribution is 2.19. The van der Waals surface area contributed by atoms with Crippen LogP contribution in [0.3, 0.4) is 0 Å². The molecule has 1 amide bonds. The third-order valence-electron chi connectivity index (χ3n) is 1.57. The Hall–Kier alpha value is -0.780. The molecule has 0 aromatic heterocycles. The first-order valence-corrected chi connectivity index (χ1v) is 5.46. The molecule has 0 saturated heterocycles. The van der Waals surface area contributed by atoms with Crippen LogP contribution in [0.2, 0.25) is 0 Å². The normalized spacial score (nSPS) is 9.57. The molecule has 4 heteroatoms. The van der Waals surface area contributed by atoms with Gasteiger partial charge in [0, 0.05) is 6.54 Å². The largest absolute Gasteiger partial charge is 0.483 e. The van der Waals surface area contributed by atoms with Crippen molar-refractivity contribution in [1.29, 1.82) is 0 Å². The molecule has 0 aliphatic rings. The van der Waals surface area contributed by atoms with Crippen molar-refractivity contribution >= 4 is 28.5 Å². The summed E-state index contributed by atoms with van der Waals surface area (Å²) in [6.07, 6.45) is 0. The van der Waals surface area contributed by atoms with Gasteiger partial charge in [0.05, 0.1) is 3.57 Å². The number of hydrogen-bond acceptors (Lipinski definition) is 2. The number of carbonyl (C=O) groups excluding carboxylic acids is 1. The molecule has 0 saturated carbocycles. The van der Waals surface area contributed by atoms with Crippen LogP contribution >= 0.6 is 22.6 Å². The molecule has 0 aliphatic carbocycles. The molecule has 0 unspecified atom stereocenters. The quantitative estimate of drug-likeness (QED) is 0.862. The summed E-state index contributed by atoms with van der Waals surface area (Å²) < 4.78 is 6.34. The lowest BCUT2D eigenvalue weighted by atomic mass is 10.3. The SMILES string of the molecule is CCNC(=O)COc1ccccc1I. The number of carbonyl (C=O) groups is 1. The van der Waals surface area contributed by atoms with Gasteiger partial charge in [-0.2, -0.15) is 0 Å². The van der Waals surface area contributed by atoms with E-state index in [9.17, 15) is 4.79 Å². The third-order valence-corrected chi connectivity index (χ3v) is 2.46. The van der Waals surface area contributed by atoms with Gasteiger partial charge in [0.1, 0.15) is 5.75 Å². The van der Waals surface area contributed by atoms with Gasteiger partial charge in [0.2, 0.25) is 0 Å². The zero-order valence-corrected chi connectivity index (χ0v) is 10.1. The Kier molecular flexibility index (Phi) is 4.72. The monoisotopic (exact) mass is 305 g/mol. The Morgan fingerprint density at radius 1 is 1.50 bits per heavy atom. The fourth-order valence-corrected chi connectivity index (χ4v) is 1.50. The smallest absolute Gasteiger partial charge is 0.257 e. The van der Waals surface area contributed by atoms with Crippen molar-refractivity contribution in [3.8, 4) is 5.75 Å². The highest BCUT2D eigenvalue weighted by molar-refractivity contribution is 14.1. The Labute approximate surface area is 97.0 Å². The summed E-state index contributed by atoms with van der Waals surface area (Å²) in [5.41, 5.74) is 0. The van der Waals surface area contributed by atoms with Crippen LogP contribution in [-0.4, -0.2) is 19.1 Å². The maximum absolute atomic E-state index is 11.1. The number of benzene rings is 1. The lowest BCUT2D eigenvalue weighted by molar-refractivity contribution is -0.122. The highest BCUT2D eigenvalue weighted by atomic mass is 127. The van der Waals surface area contributed by atoms with Gasteiger partial charge in [-0.25, -0.2) is 0 Å². The summed E-state index contributed by atoms with van der Waals surface area (Å²) in [4.78, 5) is 11.1. The number of likely N-dealkylation sites (N-methyl/N-ethyl adjacent to an activating group) is 1. The number of nitrogens with one attached hydrogen (secondary N) is 1. The molecule has 0 radical (unpaired) electrons. The van der Waals surface area contributed by atoms with E-state index in [1.54, 1.807) is 0 Å². The predicted octanol–water partition coefficient (Wildman–Crippen LogP) is 1.81. The van der Waals surface area contributed by atoms with Crippen molar-refractivity contribution in [2.24, 2.45) is 0 Å². The topological polar surface area (TPSA) is 38.3 Å². The lowest BCUT2D eigenvalue weighted by Gasteiger charge is -2.07. The minimum Gasteiger partial charge on any atom is -0.483 e. The molecule has 0 fully saturated rings. The number of hydrogen-bond donors (Lipinski definition) is 1. The molecule has 0 aliphatic heterocycles. The first kappa shape index (κ1) is 11.3. The van der Waals surface area contributed by atoms with Gasteiger partial charge in [-0.3, -0.25) is 4.79 Å². The summed E-state index contributed by atoms with van der Waals surface area (Å²) in [6, 6.07) is 7.60. The molecule has 1 rings (SSSR count). The van der Waals surface area contributed by atoms with E-state index in [4.69, 9.17) is 4.74 Å². The van der Waals surface area contributed by atoms with E-state index in [-0.39, 0.29) is 12.5 Å². The molecule has 1 aromatic carbocycles. The second kappa shape index (κ2) is 5.85. The van der Waals surface area contributed by atoms with Gasteiger partial charge in [-0.15, -0.1) is 0 Å². The van der Waals surface area contributed by atoms with Gasteiger partial charge in [-0.1, -0.05) is 12.1 Å². The number of ether oxygens (including phenoxy) is 1. The van der Waals surface area contributed by atoms with E-state index < -0.39 is 0 Å². The van der Waals surface area contributed by atoms with E-state index in [1.165, 1.54) is 0 Å². The Bertz CT molecular complexity index is 315. The Balaban J connectivity index is 2.46. The van der Waals surface area contributed by atoms with E-state index >= 15 is 0 Å². The van der Waals surface area contributed by atoms with Crippen molar-refractivity contribution in [2.45, 2.75) is 6.92 Å². The van der Waals surface area contributed by atoms with Gasteiger partial charge in [-0.05, 0) is 41.6 Å². The molecule has 14 heavy (non-hydrogen) atoms. The van der Waals surface area contributed by atoms with Crippen LogP contribution in [0.15, 0.2) is 24.3 Å². The maximum Gasteiger partial charge on any atom is 0.257 e. The lowest BCUT2D eigenvalue weighted by Crippen LogP contribution is -2.28. The second-order valence-electron chi connectivity index (χ2n) is 2.67.